The second-order valence-corrected chi connectivity index (χ2v) is 5.22. The number of hydrogen-bond acceptors (Lipinski definition) is 3. The zero-order valence-corrected chi connectivity index (χ0v) is 12.9. The van der Waals surface area contributed by atoms with Gasteiger partial charge in [0.25, 0.3) is 0 Å². The second kappa shape index (κ2) is 9.00. The minimum absolute atomic E-state index is 0.00821. The van der Waals surface area contributed by atoms with E-state index in [9.17, 15) is 9.59 Å². The van der Waals surface area contributed by atoms with Crippen LogP contribution in [0.4, 0.5) is 4.79 Å². The molecule has 0 fully saturated rings. The van der Waals surface area contributed by atoms with Gasteiger partial charge in [0, 0.05) is 6.54 Å². The molecule has 0 saturated heterocycles. The molecule has 0 aliphatic carbocycles. The number of ether oxygens (including phenoxy) is 1. The second-order valence-electron chi connectivity index (χ2n) is 5.22. The predicted molar refractivity (Wildman–Crippen MR) is 81.7 cm³/mol. The first-order chi connectivity index (χ1) is 10.0. The van der Waals surface area contributed by atoms with E-state index < -0.39 is 12.1 Å². The summed E-state index contributed by atoms with van der Waals surface area (Å²) in [7, 11) is 0. The Hall–Kier alpha value is -2.04. The monoisotopic (exact) mass is 292 g/mol. The van der Waals surface area contributed by atoms with Crippen molar-refractivity contribution in [2.75, 3.05) is 6.54 Å². The number of alkyl carbamates (subject to hydrolysis) is 1. The van der Waals surface area contributed by atoms with Gasteiger partial charge in [-0.15, -0.1) is 0 Å². The topological polar surface area (TPSA) is 67.4 Å². The summed E-state index contributed by atoms with van der Waals surface area (Å²) in [6.45, 7) is 6.53. The van der Waals surface area contributed by atoms with E-state index in [1.54, 1.807) is 0 Å². The number of benzene rings is 1. The van der Waals surface area contributed by atoms with Crippen molar-refractivity contribution in [3.8, 4) is 0 Å². The van der Waals surface area contributed by atoms with Crippen molar-refractivity contribution >= 4 is 12.0 Å². The summed E-state index contributed by atoms with van der Waals surface area (Å²) in [6, 6.07) is 8.83. The van der Waals surface area contributed by atoms with Gasteiger partial charge in [0.15, 0.2) is 0 Å². The smallest absolute Gasteiger partial charge is 0.408 e. The first kappa shape index (κ1) is 17.0. The van der Waals surface area contributed by atoms with Crippen LogP contribution in [0.1, 0.15) is 32.8 Å². The van der Waals surface area contributed by atoms with E-state index in [1.165, 1.54) is 0 Å². The molecule has 0 aliphatic rings. The average molecular weight is 292 g/mol. The molecule has 0 aliphatic heterocycles. The summed E-state index contributed by atoms with van der Waals surface area (Å²) >= 11 is 0. The van der Waals surface area contributed by atoms with Gasteiger partial charge in [0.2, 0.25) is 5.91 Å². The van der Waals surface area contributed by atoms with Crippen LogP contribution in [0.3, 0.4) is 0 Å². The maximum absolute atomic E-state index is 12.0. The van der Waals surface area contributed by atoms with Crippen molar-refractivity contribution in [2.45, 2.75) is 39.8 Å². The Morgan fingerprint density at radius 2 is 1.86 bits per heavy atom. The van der Waals surface area contributed by atoms with Crippen molar-refractivity contribution in [1.29, 1.82) is 0 Å². The summed E-state index contributed by atoms with van der Waals surface area (Å²) in [6.07, 6.45) is 0.277. The first-order valence-electron chi connectivity index (χ1n) is 7.29. The van der Waals surface area contributed by atoms with E-state index in [2.05, 4.69) is 10.6 Å². The van der Waals surface area contributed by atoms with E-state index in [1.807, 2.05) is 51.1 Å². The summed E-state index contributed by atoms with van der Waals surface area (Å²) < 4.78 is 5.13. The molecule has 21 heavy (non-hydrogen) atoms. The number of nitrogens with one attached hydrogen (secondary N) is 2. The molecule has 0 bridgehead atoms. The van der Waals surface area contributed by atoms with Crippen molar-refractivity contribution < 1.29 is 14.3 Å². The molecular weight excluding hydrogens is 268 g/mol. The van der Waals surface area contributed by atoms with Gasteiger partial charge in [-0.25, -0.2) is 4.79 Å². The van der Waals surface area contributed by atoms with Crippen molar-refractivity contribution in [1.82, 2.24) is 10.6 Å². The van der Waals surface area contributed by atoms with Crippen molar-refractivity contribution in [3.63, 3.8) is 0 Å². The third kappa shape index (κ3) is 6.29. The van der Waals surface area contributed by atoms with Gasteiger partial charge < -0.3 is 15.4 Å². The molecule has 0 radical (unpaired) electrons. The van der Waals surface area contributed by atoms with Gasteiger partial charge >= 0.3 is 6.09 Å². The van der Waals surface area contributed by atoms with E-state index in [4.69, 9.17) is 4.74 Å². The van der Waals surface area contributed by atoms with Crippen LogP contribution in [0.15, 0.2) is 30.3 Å². The number of carbonyl (C=O) groups is 2. The van der Waals surface area contributed by atoms with E-state index in [0.29, 0.717) is 6.54 Å². The molecule has 1 aromatic carbocycles. The van der Waals surface area contributed by atoms with E-state index >= 15 is 0 Å². The van der Waals surface area contributed by atoms with Crippen LogP contribution in [0.2, 0.25) is 0 Å². The normalized spacial score (nSPS) is 11.8. The maximum Gasteiger partial charge on any atom is 0.408 e. The Balaban J connectivity index is 2.47. The predicted octanol–water partition coefficient (Wildman–Crippen LogP) is 2.46. The van der Waals surface area contributed by atoms with Gasteiger partial charge in [0.1, 0.15) is 12.6 Å². The number of carbonyl (C=O) groups excluding carboxylic acids is 2. The summed E-state index contributed by atoms with van der Waals surface area (Å²) in [4.78, 5) is 23.8. The highest BCUT2D eigenvalue weighted by molar-refractivity contribution is 5.85. The molecule has 0 heterocycles. The Bertz CT molecular complexity index is 446. The van der Waals surface area contributed by atoms with Gasteiger partial charge in [-0.05, 0) is 17.9 Å². The van der Waals surface area contributed by atoms with Crippen LogP contribution in [0.25, 0.3) is 0 Å². The lowest BCUT2D eigenvalue weighted by molar-refractivity contribution is -0.124. The summed E-state index contributed by atoms with van der Waals surface area (Å²) in [5, 5.41) is 5.41. The zero-order valence-electron chi connectivity index (χ0n) is 12.9. The highest BCUT2D eigenvalue weighted by Gasteiger charge is 2.24. The Kier molecular flexibility index (Phi) is 7.29. The molecule has 0 aromatic heterocycles. The molecule has 0 saturated carbocycles. The molecule has 1 atom stereocenters. The van der Waals surface area contributed by atoms with Crippen molar-refractivity contribution in [3.05, 3.63) is 35.9 Å². The zero-order chi connectivity index (χ0) is 15.7. The number of rotatable bonds is 7. The molecular formula is C16H24N2O3. The first-order valence-corrected chi connectivity index (χ1v) is 7.29. The van der Waals surface area contributed by atoms with Gasteiger partial charge in [0.05, 0.1) is 0 Å². The van der Waals surface area contributed by atoms with Gasteiger partial charge in [-0.1, -0.05) is 51.1 Å². The molecule has 5 nitrogen and oxygen atoms in total. The molecule has 2 N–H and O–H groups in total. The Morgan fingerprint density at radius 1 is 1.19 bits per heavy atom. The summed E-state index contributed by atoms with van der Waals surface area (Å²) in [5.74, 6) is -0.186. The third-order valence-corrected chi connectivity index (χ3v) is 2.98. The lowest BCUT2D eigenvalue weighted by atomic mass is 10.0. The average Bonchev–Trinajstić information content (AvgIpc) is 2.49. The largest absolute Gasteiger partial charge is 0.445 e. The molecule has 0 spiro atoms. The standard InChI is InChI=1S/C16H24N2O3/c1-4-10-17-15(19)14(12(2)3)18-16(20)21-11-13-8-6-5-7-9-13/h5-9,12,14H,4,10-11H2,1-3H3,(H,17,19)(H,18,20)/t14-/m0/s1. The summed E-state index contributed by atoms with van der Waals surface area (Å²) in [5.41, 5.74) is 0.907. The lowest BCUT2D eigenvalue weighted by Gasteiger charge is -2.21. The number of amides is 2. The number of hydrogen-bond donors (Lipinski definition) is 2. The third-order valence-electron chi connectivity index (χ3n) is 2.98. The van der Waals surface area contributed by atoms with E-state index in [-0.39, 0.29) is 18.4 Å². The molecule has 0 unspecified atom stereocenters. The van der Waals surface area contributed by atoms with Crippen LogP contribution in [0.5, 0.6) is 0 Å². The Labute approximate surface area is 126 Å². The minimum Gasteiger partial charge on any atom is -0.445 e. The van der Waals surface area contributed by atoms with E-state index in [0.717, 1.165) is 12.0 Å². The van der Waals surface area contributed by atoms with Crippen LogP contribution < -0.4 is 10.6 Å². The van der Waals surface area contributed by atoms with Crippen LogP contribution in [-0.2, 0) is 16.1 Å². The SMILES string of the molecule is CCCNC(=O)[C@@H](NC(=O)OCc1ccccc1)C(C)C. The molecule has 2 amide bonds. The van der Waals surface area contributed by atoms with Crippen molar-refractivity contribution in [2.24, 2.45) is 5.92 Å². The fourth-order valence-corrected chi connectivity index (χ4v) is 1.78. The molecule has 1 aromatic rings. The molecule has 1 rings (SSSR count). The van der Waals surface area contributed by atoms with Crippen LogP contribution in [-0.4, -0.2) is 24.6 Å². The highest BCUT2D eigenvalue weighted by atomic mass is 16.5. The van der Waals surface area contributed by atoms with Gasteiger partial charge in [-0.3, -0.25) is 4.79 Å². The fourth-order valence-electron chi connectivity index (χ4n) is 1.78. The van der Waals surface area contributed by atoms with Crippen LogP contribution >= 0.6 is 0 Å². The quantitative estimate of drug-likeness (QED) is 0.811. The van der Waals surface area contributed by atoms with Crippen LogP contribution in [0, 0.1) is 5.92 Å². The molecule has 5 heteroatoms. The van der Waals surface area contributed by atoms with Gasteiger partial charge in [-0.2, -0.15) is 0 Å². The highest BCUT2D eigenvalue weighted by Crippen LogP contribution is 2.04. The maximum atomic E-state index is 12.0. The molecule has 116 valence electrons. The minimum atomic E-state index is -0.583. The lowest BCUT2D eigenvalue weighted by Crippen LogP contribution is -2.49. The fraction of sp³-hybridized carbons (Fsp3) is 0.500. The Morgan fingerprint density at radius 3 is 2.43 bits per heavy atom.